The van der Waals surface area contributed by atoms with Crippen molar-refractivity contribution >= 4 is 11.9 Å². The van der Waals surface area contributed by atoms with Gasteiger partial charge in [0.05, 0.1) is 6.42 Å². The van der Waals surface area contributed by atoms with E-state index in [1.165, 1.54) is 11.0 Å². The zero-order chi connectivity index (χ0) is 15.1. The van der Waals surface area contributed by atoms with Crippen LogP contribution in [-0.4, -0.2) is 28.4 Å². The summed E-state index contributed by atoms with van der Waals surface area (Å²) in [6.07, 6.45) is 0.753. The number of halogens is 2. The van der Waals surface area contributed by atoms with Gasteiger partial charge in [-0.2, -0.15) is 0 Å². The Morgan fingerprint density at radius 1 is 1.20 bits per heavy atom. The van der Waals surface area contributed by atoms with Crippen LogP contribution >= 0.6 is 0 Å². The van der Waals surface area contributed by atoms with Crippen LogP contribution in [0, 0.1) is 11.6 Å². The van der Waals surface area contributed by atoms with E-state index in [4.69, 9.17) is 5.11 Å². The number of carboxylic acid groups (broad SMARTS) is 1. The van der Waals surface area contributed by atoms with E-state index in [0.29, 0.717) is 18.4 Å². The van der Waals surface area contributed by atoms with E-state index in [2.05, 4.69) is 0 Å². The fourth-order valence-corrected chi connectivity index (χ4v) is 1.75. The third-order valence-corrected chi connectivity index (χ3v) is 2.77. The maximum Gasteiger partial charge on any atom is 0.305 e. The van der Waals surface area contributed by atoms with Crippen LogP contribution in [0.5, 0.6) is 0 Å². The largest absolute Gasteiger partial charge is 0.481 e. The number of hydrogen-bond donors (Lipinski definition) is 1. The molecule has 0 radical (unpaired) electrons. The van der Waals surface area contributed by atoms with Crippen molar-refractivity contribution in [3.63, 3.8) is 0 Å². The van der Waals surface area contributed by atoms with Gasteiger partial charge in [-0.15, -0.1) is 0 Å². The second-order valence-electron chi connectivity index (χ2n) is 4.46. The summed E-state index contributed by atoms with van der Waals surface area (Å²) in [5, 5.41) is 8.67. The molecule has 1 N–H and O–H groups in total. The molecule has 110 valence electrons. The number of carbonyl (C=O) groups is 2. The fraction of sp³-hybridized carbons (Fsp3) is 0.429. The predicted octanol–water partition coefficient (Wildman–Crippen LogP) is 2.57. The average Bonchev–Trinajstić information content (AvgIpc) is 2.38. The molecule has 1 rings (SSSR count). The molecule has 0 atom stereocenters. The molecule has 1 amide bonds. The second kappa shape index (κ2) is 7.57. The molecule has 0 unspecified atom stereocenters. The number of carbonyl (C=O) groups excluding carboxylic acids is 1. The van der Waals surface area contributed by atoms with Gasteiger partial charge in [0.2, 0.25) is 5.91 Å². The molecule has 0 saturated carbocycles. The Morgan fingerprint density at radius 3 is 2.45 bits per heavy atom. The molecule has 20 heavy (non-hydrogen) atoms. The lowest BCUT2D eigenvalue weighted by molar-refractivity contribution is -0.138. The summed E-state index contributed by atoms with van der Waals surface area (Å²) in [4.78, 5) is 23.8. The average molecular weight is 285 g/mol. The lowest BCUT2D eigenvalue weighted by Crippen LogP contribution is -2.32. The smallest absolute Gasteiger partial charge is 0.305 e. The Morgan fingerprint density at radius 2 is 1.90 bits per heavy atom. The second-order valence-corrected chi connectivity index (χ2v) is 4.46. The van der Waals surface area contributed by atoms with Crippen molar-refractivity contribution in [1.29, 1.82) is 0 Å². The number of carboxylic acids is 1. The summed E-state index contributed by atoms with van der Waals surface area (Å²) in [6, 6.07) is 3.39. The summed E-state index contributed by atoms with van der Waals surface area (Å²) < 4.78 is 26.0. The van der Waals surface area contributed by atoms with Gasteiger partial charge >= 0.3 is 5.97 Å². The molecular weight excluding hydrogens is 268 g/mol. The van der Waals surface area contributed by atoms with Gasteiger partial charge in [-0.1, -0.05) is 13.0 Å². The standard InChI is InChI=1S/C14H17F2NO3/c1-2-3-13(18)17(7-6-14(19)20)9-10-4-5-11(15)12(16)8-10/h4-5,8H,2-3,6-7,9H2,1H3,(H,19,20). The molecular formula is C14H17F2NO3. The maximum absolute atomic E-state index is 13.1. The molecule has 0 spiro atoms. The van der Waals surface area contributed by atoms with Gasteiger partial charge < -0.3 is 10.0 Å². The van der Waals surface area contributed by atoms with Crippen LogP contribution in [0.2, 0.25) is 0 Å². The highest BCUT2D eigenvalue weighted by Crippen LogP contribution is 2.12. The Bertz CT molecular complexity index is 491. The molecule has 0 heterocycles. The molecule has 0 aliphatic rings. The molecule has 0 aromatic heterocycles. The third kappa shape index (κ3) is 4.95. The van der Waals surface area contributed by atoms with Crippen LogP contribution in [0.4, 0.5) is 8.78 Å². The monoisotopic (exact) mass is 285 g/mol. The summed E-state index contributed by atoms with van der Waals surface area (Å²) in [5.74, 6) is -3.14. The Hall–Kier alpha value is -1.98. The van der Waals surface area contributed by atoms with Crippen LogP contribution in [0.25, 0.3) is 0 Å². The van der Waals surface area contributed by atoms with E-state index in [0.717, 1.165) is 12.1 Å². The molecule has 0 bridgehead atoms. The van der Waals surface area contributed by atoms with E-state index in [1.54, 1.807) is 0 Å². The molecule has 0 fully saturated rings. The van der Waals surface area contributed by atoms with Gasteiger partial charge in [0.25, 0.3) is 0 Å². The Balaban J connectivity index is 2.78. The van der Waals surface area contributed by atoms with Crippen LogP contribution in [-0.2, 0) is 16.1 Å². The minimum Gasteiger partial charge on any atom is -0.481 e. The van der Waals surface area contributed by atoms with Crippen molar-refractivity contribution < 1.29 is 23.5 Å². The van der Waals surface area contributed by atoms with Gasteiger partial charge in [0.1, 0.15) is 0 Å². The van der Waals surface area contributed by atoms with Gasteiger partial charge in [-0.3, -0.25) is 9.59 Å². The van der Waals surface area contributed by atoms with Crippen molar-refractivity contribution in [3.05, 3.63) is 35.4 Å². The molecule has 0 saturated heterocycles. The van der Waals surface area contributed by atoms with Crippen molar-refractivity contribution in [2.45, 2.75) is 32.7 Å². The van der Waals surface area contributed by atoms with Gasteiger partial charge in [0, 0.05) is 19.5 Å². The topological polar surface area (TPSA) is 57.6 Å². The highest BCUT2D eigenvalue weighted by molar-refractivity contribution is 5.77. The number of nitrogens with zero attached hydrogens (tertiary/aromatic N) is 1. The van der Waals surface area contributed by atoms with Gasteiger partial charge in [0.15, 0.2) is 11.6 Å². The van der Waals surface area contributed by atoms with Crippen LogP contribution in [0.1, 0.15) is 31.7 Å². The molecule has 0 aliphatic heterocycles. The summed E-state index contributed by atoms with van der Waals surface area (Å²) in [5.41, 5.74) is 0.429. The lowest BCUT2D eigenvalue weighted by atomic mass is 10.1. The van der Waals surface area contributed by atoms with Crippen molar-refractivity contribution in [3.8, 4) is 0 Å². The normalized spacial score (nSPS) is 10.3. The van der Waals surface area contributed by atoms with Crippen LogP contribution in [0.15, 0.2) is 18.2 Å². The first-order valence-electron chi connectivity index (χ1n) is 6.37. The van der Waals surface area contributed by atoms with Crippen LogP contribution in [0.3, 0.4) is 0 Å². The minimum atomic E-state index is -1.01. The lowest BCUT2D eigenvalue weighted by Gasteiger charge is -2.22. The first-order valence-corrected chi connectivity index (χ1v) is 6.37. The summed E-state index contributed by atoms with van der Waals surface area (Å²) in [7, 11) is 0. The number of hydrogen-bond acceptors (Lipinski definition) is 2. The zero-order valence-corrected chi connectivity index (χ0v) is 11.2. The molecule has 4 nitrogen and oxygen atoms in total. The SMILES string of the molecule is CCCC(=O)N(CCC(=O)O)Cc1ccc(F)c(F)c1. The molecule has 1 aromatic rings. The number of amides is 1. The van der Waals surface area contributed by atoms with Gasteiger partial charge in [-0.25, -0.2) is 8.78 Å². The van der Waals surface area contributed by atoms with Gasteiger partial charge in [-0.05, 0) is 24.1 Å². The molecule has 6 heteroatoms. The van der Waals surface area contributed by atoms with E-state index in [-0.39, 0.29) is 25.4 Å². The highest BCUT2D eigenvalue weighted by Gasteiger charge is 2.15. The summed E-state index contributed by atoms with van der Waals surface area (Å²) in [6.45, 7) is 1.96. The first-order chi connectivity index (χ1) is 9.43. The Labute approximate surface area is 116 Å². The predicted molar refractivity (Wildman–Crippen MR) is 68.9 cm³/mol. The molecule has 0 aliphatic carbocycles. The minimum absolute atomic E-state index is 0.0488. The van der Waals surface area contributed by atoms with Crippen LogP contribution < -0.4 is 0 Å². The summed E-state index contributed by atoms with van der Waals surface area (Å²) >= 11 is 0. The van der Waals surface area contributed by atoms with Crippen molar-refractivity contribution in [1.82, 2.24) is 4.90 Å². The zero-order valence-electron chi connectivity index (χ0n) is 11.2. The first kappa shape index (κ1) is 16.1. The number of aliphatic carboxylic acids is 1. The highest BCUT2D eigenvalue weighted by atomic mass is 19.2. The number of benzene rings is 1. The van der Waals surface area contributed by atoms with E-state index in [9.17, 15) is 18.4 Å². The van der Waals surface area contributed by atoms with Crippen molar-refractivity contribution in [2.24, 2.45) is 0 Å². The Kier molecular flexibility index (Phi) is 6.09. The number of rotatable bonds is 7. The van der Waals surface area contributed by atoms with E-state index >= 15 is 0 Å². The van der Waals surface area contributed by atoms with E-state index in [1.807, 2.05) is 6.92 Å². The molecule has 1 aromatic carbocycles. The fourth-order valence-electron chi connectivity index (χ4n) is 1.75. The quantitative estimate of drug-likeness (QED) is 0.837. The van der Waals surface area contributed by atoms with Crippen molar-refractivity contribution in [2.75, 3.05) is 6.54 Å². The van der Waals surface area contributed by atoms with E-state index < -0.39 is 17.6 Å². The maximum atomic E-state index is 13.1. The third-order valence-electron chi connectivity index (χ3n) is 2.77.